The average molecular weight is 293 g/mol. The Bertz CT molecular complexity index is 505. The molecule has 0 aliphatic heterocycles. The van der Waals surface area contributed by atoms with Gasteiger partial charge in [0.05, 0.1) is 4.90 Å². The third kappa shape index (κ3) is 4.56. The minimum absolute atomic E-state index is 0.740. The van der Waals surface area contributed by atoms with Crippen molar-refractivity contribution in [3.8, 4) is 0 Å². The summed E-state index contributed by atoms with van der Waals surface area (Å²) < 4.78 is 15.1. The SMILES string of the molecule is CCCc1ccc(S(=O)NCCc2cccs2)cc1. The molecule has 2 nitrogen and oxygen atoms in total. The third-order valence-corrected chi connectivity index (χ3v) is 4.96. The largest absolute Gasteiger partial charge is 0.238 e. The smallest absolute Gasteiger partial charge is 0.124 e. The zero-order valence-corrected chi connectivity index (χ0v) is 12.7. The number of thiophene rings is 1. The molecule has 0 aliphatic carbocycles. The van der Waals surface area contributed by atoms with E-state index in [1.807, 2.05) is 18.2 Å². The van der Waals surface area contributed by atoms with E-state index in [1.165, 1.54) is 10.4 Å². The second-order valence-corrected chi connectivity index (χ2v) is 6.72. The number of benzene rings is 1. The van der Waals surface area contributed by atoms with Gasteiger partial charge in [0.1, 0.15) is 11.0 Å². The van der Waals surface area contributed by atoms with Gasteiger partial charge in [0.2, 0.25) is 0 Å². The summed E-state index contributed by atoms with van der Waals surface area (Å²) in [6.07, 6.45) is 3.15. The summed E-state index contributed by atoms with van der Waals surface area (Å²) in [6, 6.07) is 12.2. The fourth-order valence-corrected chi connectivity index (χ4v) is 3.42. The Morgan fingerprint density at radius 1 is 1.16 bits per heavy atom. The molecular weight excluding hydrogens is 274 g/mol. The van der Waals surface area contributed by atoms with E-state index in [4.69, 9.17) is 0 Å². The Hall–Kier alpha value is -0.970. The van der Waals surface area contributed by atoms with Gasteiger partial charge in [0, 0.05) is 11.4 Å². The molecule has 102 valence electrons. The Kier molecular flexibility index (Phi) is 5.76. The van der Waals surface area contributed by atoms with Crippen molar-refractivity contribution in [2.24, 2.45) is 0 Å². The van der Waals surface area contributed by atoms with Crippen LogP contribution in [0.15, 0.2) is 46.7 Å². The number of aryl methyl sites for hydroxylation is 1. The van der Waals surface area contributed by atoms with Crippen molar-refractivity contribution >= 4 is 22.3 Å². The molecule has 4 heteroatoms. The van der Waals surface area contributed by atoms with E-state index in [2.05, 4.69) is 35.2 Å². The van der Waals surface area contributed by atoms with Crippen LogP contribution in [0.3, 0.4) is 0 Å². The van der Waals surface area contributed by atoms with Crippen LogP contribution < -0.4 is 4.72 Å². The summed E-state index contributed by atoms with van der Waals surface area (Å²) in [7, 11) is -1.10. The molecular formula is C15H19NOS2. The molecule has 0 bridgehead atoms. The fourth-order valence-electron chi connectivity index (χ4n) is 1.87. The molecule has 19 heavy (non-hydrogen) atoms. The lowest BCUT2D eigenvalue weighted by molar-refractivity contribution is 0.671. The Morgan fingerprint density at radius 2 is 1.95 bits per heavy atom. The van der Waals surface area contributed by atoms with Crippen LogP contribution in [0.25, 0.3) is 0 Å². The van der Waals surface area contributed by atoms with Crippen LogP contribution in [0.5, 0.6) is 0 Å². The van der Waals surface area contributed by atoms with Crippen LogP contribution in [-0.2, 0) is 23.8 Å². The number of hydrogen-bond donors (Lipinski definition) is 1. The highest BCUT2D eigenvalue weighted by atomic mass is 32.2. The van der Waals surface area contributed by atoms with Gasteiger partial charge in [-0.1, -0.05) is 31.5 Å². The first-order valence-electron chi connectivity index (χ1n) is 6.56. The van der Waals surface area contributed by atoms with Crippen molar-refractivity contribution < 1.29 is 4.21 Å². The standard InChI is InChI=1S/C15H19NOS2/c1-2-4-13-6-8-15(9-7-13)19(17)16-11-10-14-5-3-12-18-14/h3,5-9,12,16H,2,4,10-11H2,1H3. The normalized spacial score (nSPS) is 12.5. The molecule has 1 atom stereocenters. The highest BCUT2D eigenvalue weighted by Gasteiger charge is 2.03. The maximum Gasteiger partial charge on any atom is 0.124 e. The summed E-state index contributed by atoms with van der Waals surface area (Å²) >= 11 is 1.74. The van der Waals surface area contributed by atoms with E-state index >= 15 is 0 Å². The monoisotopic (exact) mass is 293 g/mol. The molecule has 1 aromatic carbocycles. The Morgan fingerprint density at radius 3 is 2.58 bits per heavy atom. The first-order chi connectivity index (χ1) is 9.29. The molecule has 0 amide bonds. The third-order valence-electron chi connectivity index (χ3n) is 2.86. The molecule has 1 heterocycles. The topological polar surface area (TPSA) is 29.1 Å². The summed E-state index contributed by atoms with van der Waals surface area (Å²) in [5.74, 6) is 0. The summed E-state index contributed by atoms with van der Waals surface area (Å²) in [4.78, 5) is 2.17. The second-order valence-electron chi connectivity index (χ2n) is 4.39. The van der Waals surface area contributed by atoms with Crippen LogP contribution in [0.2, 0.25) is 0 Å². The van der Waals surface area contributed by atoms with Crippen molar-refractivity contribution in [3.05, 3.63) is 52.2 Å². The lowest BCUT2D eigenvalue weighted by atomic mass is 10.1. The molecule has 0 aliphatic rings. The maximum atomic E-state index is 12.0. The number of hydrogen-bond acceptors (Lipinski definition) is 2. The first kappa shape index (κ1) is 14.4. The zero-order chi connectivity index (χ0) is 13.5. The van der Waals surface area contributed by atoms with E-state index in [9.17, 15) is 4.21 Å². The molecule has 0 radical (unpaired) electrons. The van der Waals surface area contributed by atoms with Crippen LogP contribution in [0.4, 0.5) is 0 Å². The van der Waals surface area contributed by atoms with E-state index < -0.39 is 11.0 Å². The quantitative estimate of drug-likeness (QED) is 0.831. The molecule has 0 saturated heterocycles. The van der Waals surface area contributed by atoms with Crippen LogP contribution in [-0.4, -0.2) is 10.8 Å². The van der Waals surface area contributed by atoms with E-state index in [0.717, 1.165) is 30.7 Å². The van der Waals surface area contributed by atoms with Gasteiger partial charge < -0.3 is 0 Å². The van der Waals surface area contributed by atoms with Crippen molar-refractivity contribution in [3.63, 3.8) is 0 Å². The minimum Gasteiger partial charge on any atom is -0.238 e. The number of nitrogens with one attached hydrogen (secondary N) is 1. The van der Waals surface area contributed by atoms with E-state index in [-0.39, 0.29) is 0 Å². The molecule has 0 spiro atoms. The minimum atomic E-state index is -1.10. The molecule has 0 saturated carbocycles. The van der Waals surface area contributed by atoms with Gasteiger partial charge in [-0.15, -0.1) is 11.3 Å². The molecule has 2 rings (SSSR count). The van der Waals surface area contributed by atoms with Gasteiger partial charge >= 0.3 is 0 Å². The Labute approximate surface area is 121 Å². The lowest BCUT2D eigenvalue weighted by Gasteiger charge is -2.05. The summed E-state index contributed by atoms with van der Waals surface area (Å²) in [6.45, 7) is 2.90. The van der Waals surface area contributed by atoms with Gasteiger partial charge in [0.25, 0.3) is 0 Å². The maximum absolute atomic E-state index is 12.0. The highest BCUT2D eigenvalue weighted by molar-refractivity contribution is 7.83. The summed E-state index contributed by atoms with van der Waals surface area (Å²) in [5.41, 5.74) is 1.31. The number of rotatable bonds is 7. The van der Waals surface area contributed by atoms with Gasteiger partial charge in [-0.3, -0.25) is 0 Å². The first-order valence-corrected chi connectivity index (χ1v) is 8.59. The van der Waals surface area contributed by atoms with E-state index in [1.54, 1.807) is 11.3 Å². The highest BCUT2D eigenvalue weighted by Crippen LogP contribution is 2.11. The van der Waals surface area contributed by atoms with Crippen molar-refractivity contribution in [1.29, 1.82) is 0 Å². The molecule has 1 aromatic heterocycles. The lowest BCUT2D eigenvalue weighted by Crippen LogP contribution is -2.19. The molecule has 0 fully saturated rings. The second kappa shape index (κ2) is 7.58. The Balaban J connectivity index is 1.82. The van der Waals surface area contributed by atoms with Crippen LogP contribution in [0, 0.1) is 0 Å². The van der Waals surface area contributed by atoms with Gasteiger partial charge in [0.15, 0.2) is 0 Å². The van der Waals surface area contributed by atoms with Crippen molar-refractivity contribution in [2.75, 3.05) is 6.54 Å². The summed E-state index contributed by atoms with van der Waals surface area (Å²) in [5, 5.41) is 2.07. The van der Waals surface area contributed by atoms with Crippen molar-refractivity contribution in [2.45, 2.75) is 31.1 Å². The molecule has 2 aromatic rings. The van der Waals surface area contributed by atoms with Crippen LogP contribution >= 0.6 is 11.3 Å². The fraction of sp³-hybridized carbons (Fsp3) is 0.333. The molecule has 1 unspecified atom stereocenters. The van der Waals surface area contributed by atoms with Gasteiger partial charge in [-0.05, 0) is 42.0 Å². The van der Waals surface area contributed by atoms with Gasteiger partial charge in [-0.2, -0.15) is 0 Å². The van der Waals surface area contributed by atoms with Crippen LogP contribution in [0.1, 0.15) is 23.8 Å². The predicted molar refractivity (Wildman–Crippen MR) is 82.9 cm³/mol. The van der Waals surface area contributed by atoms with Crippen molar-refractivity contribution in [1.82, 2.24) is 4.72 Å². The zero-order valence-electron chi connectivity index (χ0n) is 11.1. The molecule has 1 N–H and O–H groups in total. The van der Waals surface area contributed by atoms with E-state index in [0.29, 0.717) is 0 Å². The predicted octanol–water partition coefficient (Wildman–Crippen LogP) is 3.56. The van der Waals surface area contributed by atoms with Gasteiger partial charge in [-0.25, -0.2) is 8.93 Å². The average Bonchev–Trinajstić information content (AvgIpc) is 2.93.